The highest BCUT2D eigenvalue weighted by atomic mass is 35.5. The van der Waals surface area contributed by atoms with E-state index in [9.17, 15) is 15.0 Å². The first-order valence-electron chi connectivity index (χ1n) is 7.09. The third kappa shape index (κ3) is 4.32. The molecule has 0 bridgehead atoms. The zero-order valence-electron chi connectivity index (χ0n) is 13.2. The number of phenolic OH excluding ortho intramolecular Hbond substituents is 2. The lowest BCUT2D eigenvalue weighted by Crippen LogP contribution is -2.15. The predicted molar refractivity (Wildman–Crippen MR) is 93.5 cm³/mol. The van der Waals surface area contributed by atoms with Crippen LogP contribution in [0.5, 0.6) is 17.2 Å². The number of rotatable bonds is 6. The number of hydrogen-bond donors (Lipinski definition) is 2. The number of Topliss-reactive ketones (excluding diaryl/α,β-unsaturated/α-hetero) is 1. The first kappa shape index (κ1) is 18.4. The molecule has 2 N–H and O–H groups in total. The summed E-state index contributed by atoms with van der Waals surface area (Å²) < 4.78 is 5.39. The number of hydrogen-bond acceptors (Lipinski definition) is 5. The van der Waals surface area contributed by atoms with E-state index in [0.29, 0.717) is 22.3 Å². The number of aromatic hydroxyl groups is 2. The van der Waals surface area contributed by atoms with Crippen LogP contribution in [0, 0.1) is 0 Å². The molecule has 0 aliphatic carbocycles. The first-order valence-corrected chi connectivity index (χ1v) is 7.84. The van der Waals surface area contributed by atoms with Gasteiger partial charge >= 0.3 is 0 Å². The van der Waals surface area contributed by atoms with E-state index in [2.05, 4.69) is 0 Å². The van der Waals surface area contributed by atoms with Gasteiger partial charge in [-0.2, -0.15) is 0 Å². The molecular formula is C17H17Cl2NO4. The summed E-state index contributed by atoms with van der Waals surface area (Å²) in [5.41, 5.74) is 0.366. The molecule has 0 fully saturated rings. The standard InChI is InChI=1S/C17H17Cl2NO4/c1-20(2)8-12-14(21)5-4-11(17(12)23)15(22)9-24-16-6-3-10(18)7-13(16)19/h3-7,21,23H,8-9H2,1-2H3. The quantitative estimate of drug-likeness (QED) is 0.759. The summed E-state index contributed by atoms with van der Waals surface area (Å²) in [6.45, 7) is -0.0102. The van der Waals surface area contributed by atoms with E-state index in [-0.39, 0.29) is 29.2 Å². The Labute approximate surface area is 150 Å². The number of ketones is 1. The average Bonchev–Trinajstić information content (AvgIpc) is 2.50. The summed E-state index contributed by atoms with van der Waals surface area (Å²) in [4.78, 5) is 14.1. The van der Waals surface area contributed by atoms with Gasteiger partial charge in [-0.25, -0.2) is 0 Å². The molecule has 0 unspecified atom stereocenters. The summed E-state index contributed by atoms with van der Waals surface area (Å²) in [6.07, 6.45) is 0. The number of phenols is 2. The molecule has 0 atom stereocenters. The molecule has 24 heavy (non-hydrogen) atoms. The molecule has 0 aromatic heterocycles. The van der Waals surface area contributed by atoms with Crippen molar-refractivity contribution in [2.75, 3.05) is 20.7 Å². The van der Waals surface area contributed by atoms with E-state index in [1.165, 1.54) is 18.2 Å². The van der Waals surface area contributed by atoms with Crippen molar-refractivity contribution in [3.8, 4) is 17.2 Å². The van der Waals surface area contributed by atoms with Crippen LogP contribution in [0.4, 0.5) is 0 Å². The Hall–Kier alpha value is -1.95. The number of carbonyl (C=O) groups is 1. The maximum Gasteiger partial charge on any atom is 0.203 e. The van der Waals surface area contributed by atoms with Gasteiger partial charge in [-0.15, -0.1) is 0 Å². The van der Waals surface area contributed by atoms with E-state index >= 15 is 0 Å². The monoisotopic (exact) mass is 369 g/mol. The second-order valence-electron chi connectivity index (χ2n) is 5.48. The van der Waals surface area contributed by atoms with Crippen molar-refractivity contribution in [1.29, 1.82) is 0 Å². The van der Waals surface area contributed by atoms with Crippen LogP contribution in [0.25, 0.3) is 0 Å². The molecule has 7 heteroatoms. The maximum atomic E-state index is 12.3. The topological polar surface area (TPSA) is 70.0 Å². The highest BCUT2D eigenvalue weighted by Gasteiger charge is 2.19. The Morgan fingerprint density at radius 3 is 2.50 bits per heavy atom. The summed E-state index contributed by atoms with van der Waals surface area (Å²) >= 11 is 11.8. The van der Waals surface area contributed by atoms with E-state index < -0.39 is 5.78 Å². The van der Waals surface area contributed by atoms with Crippen LogP contribution < -0.4 is 4.74 Å². The van der Waals surface area contributed by atoms with Gasteiger partial charge in [0.1, 0.15) is 17.2 Å². The van der Waals surface area contributed by atoms with Crippen molar-refractivity contribution in [3.63, 3.8) is 0 Å². The first-order chi connectivity index (χ1) is 11.3. The lowest BCUT2D eigenvalue weighted by molar-refractivity contribution is 0.0918. The Balaban J connectivity index is 2.18. The van der Waals surface area contributed by atoms with Crippen LogP contribution in [0.2, 0.25) is 10.0 Å². The van der Waals surface area contributed by atoms with Crippen molar-refractivity contribution in [3.05, 3.63) is 51.5 Å². The highest BCUT2D eigenvalue weighted by Crippen LogP contribution is 2.32. The summed E-state index contributed by atoms with van der Waals surface area (Å²) in [7, 11) is 3.58. The minimum atomic E-state index is -0.432. The molecule has 0 spiro atoms. The smallest absolute Gasteiger partial charge is 0.203 e. The Morgan fingerprint density at radius 1 is 1.17 bits per heavy atom. The lowest BCUT2D eigenvalue weighted by Gasteiger charge is -2.15. The van der Waals surface area contributed by atoms with Crippen LogP contribution >= 0.6 is 23.2 Å². The molecule has 2 rings (SSSR count). The Kier molecular flexibility index (Phi) is 5.94. The summed E-state index contributed by atoms with van der Waals surface area (Å²) in [6, 6.07) is 7.41. The van der Waals surface area contributed by atoms with Gasteiger partial charge in [-0.3, -0.25) is 4.79 Å². The third-order valence-electron chi connectivity index (χ3n) is 3.29. The van der Waals surface area contributed by atoms with Crippen molar-refractivity contribution >= 4 is 29.0 Å². The molecule has 0 saturated heterocycles. The van der Waals surface area contributed by atoms with Crippen molar-refractivity contribution in [2.45, 2.75) is 6.54 Å². The average molecular weight is 370 g/mol. The Morgan fingerprint density at radius 2 is 1.88 bits per heavy atom. The molecule has 0 aliphatic rings. The second kappa shape index (κ2) is 7.75. The van der Waals surface area contributed by atoms with Crippen LogP contribution in [-0.2, 0) is 6.54 Å². The van der Waals surface area contributed by atoms with Crippen LogP contribution in [0.3, 0.4) is 0 Å². The molecule has 0 amide bonds. The van der Waals surface area contributed by atoms with Crippen LogP contribution in [-0.4, -0.2) is 41.6 Å². The van der Waals surface area contributed by atoms with Gasteiger partial charge in [-0.05, 0) is 44.4 Å². The molecule has 2 aromatic rings. The van der Waals surface area contributed by atoms with E-state index in [0.717, 1.165) is 0 Å². The van der Waals surface area contributed by atoms with Crippen molar-refractivity contribution in [1.82, 2.24) is 4.90 Å². The van der Waals surface area contributed by atoms with E-state index in [1.807, 2.05) is 0 Å². The van der Waals surface area contributed by atoms with Gasteiger partial charge in [0.25, 0.3) is 0 Å². The maximum absolute atomic E-state index is 12.3. The van der Waals surface area contributed by atoms with E-state index in [1.54, 1.807) is 31.1 Å². The Bertz CT molecular complexity index is 762. The molecule has 128 valence electrons. The van der Waals surface area contributed by atoms with Gasteiger partial charge in [0.05, 0.1) is 16.1 Å². The fraction of sp³-hybridized carbons (Fsp3) is 0.235. The zero-order valence-corrected chi connectivity index (χ0v) is 14.7. The zero-order chi connectivity index (χ0) is 17.9. The molecule has 0 aliphatic heterocycles. The van der Waals surface area contributed by atoms with Gasteiger partial charge < -0.3 is 19.8 Å². The van der Waals surface area contributed by atoms with Crippen LogP contribution in [0.1, 0.15) is 15.9 Å². The molecule has 0 saturated carbocycles. The molecule has 5 nitrogen and oxygen atoms in total. The van der Waals surface area contributed by atoms with Crippen LogP contribution in [0.15, 0.2) is 30.3 Å². The number of nitrogens with zero attached hydrogens (tertiary/aromatic N) is 1. The van der Waals surface area contributed by atoms with Gasteiger partial charge in [0, 0.05) is 11.6 Å². The predicted octanol–water partition coefficient (Wildman–Crippen LogP) is 3.73. The molecule has 0 heterocycles. The van der Waals surface area contributed by atoms with Gasteiger partial charge in [0.15, 0.2) is 6.61 Å². The van der Waals surface area contributed by atoms with Gasteiger partial charge in [-0.1, -0.05) is 23.2 Å². The number of carbonyl (C=O) groups excluding carboxylic acids is 1. The fourth-order valence-electron chi connectivity index (χ4n) is 2.14. The molecular weight excluding hydrogens is 353 g/mol. The second-order valence-corrected chi connectivity index (χ2v) is 6.33. The SMILES string of the molecule is CN(C)Cc1c(O)ccc(C(=O)COc2ccc(Cl)cc2Cl)c1O. The van der Waals surface area contributed by atoms with Crippen molar-refractivity contribution < 1.29 is 19.7 Å². The summed E-state index contributed by atoms with van der Waals surface area (Å²) in [5.74, 6) is -0.432. The lowest BCUT2D eigenvalue weighted by atomic mass is 10.0. The third-order valence-corrected chi connectivity index (χ3v) is 3.82. The number of ether oxygens (including phenoxy) is 1. The van der Waals surface area contributed by atoms with Crippen molar-refractivity contribution in [2.24, 2.45) is 0 Å². The summed E-state index contributed by atoms with van der Waals surface area (Å²) in [5, 5.41) is 20.9. The molecule has 0 radical (unpaired) electrons. The minimum absolute atomic E-state index is 0.0700. The van der Waals surface area contributed by atoms with Gasteiger partial charge in [0.2, 0.25) is 5.78 Å². The molecule has 2 aromatic carbocycles. The fourth-order valence-corrected chi connectivity index (χ4v) is 2.60. The van der Waals surface area contributed by atoms with E-state index in [4.69, 9.17) is 27.9 Å². The normalized spacial score (nSPS) is 10.9. The number of benzene rings is 2. The number of halogens is 2. The highest BCUT2D eigenvalue weighted by molar-refractivity contribution is 6.35. The minimum Gasteiger partial charge on any atom is -0.507 e. The largest absolute Gasteiger partial charge is 0.507 e.